The van der Waals surface area contributed by atoms with E-state index in [9.17, 15) is 0 Å². The van der Waals surface area contributed by atoms with Crippen LogP contribution in [0.2, 0.25) is 0 Å². The van der Waals surface area contributed by atoms with Crippen molar-refractivity contribution in [2.75, 3.05) is 0 Å². The Morgan fingerprint density at radius 3 is 1.17 bits per heavy atom. The molecule has 0 fully saturated rings. The highest BCUT2D eigenvalue weighted by Gasteiger charge is 1.82. The number of aryl methyl sites for hydroxylation is 11. The molecule has 0 atom stereocenters. The van der Waals surface area contributed by atoms with Crippen LogP contribution in [0.25, 0.3) is 0 Å². The molecule has 0 aliphatic rings. The second-order valence-corrected chi connectivity index (χ2v) is 17.5. The fraction of sp³-hybridized carbons (Fsp3) is 0.471. The summed E-state index contributed by atoms with van der Waals surface area (Å²) < 4.78 is 36.5. The Morgan fingerprint density at radius 2 is 1.05 bits per heavy atom. The van der Waals surface area contributed by atoms with Gasteiger partial charge in [-0.25, -0.2) is 8.75 Å². The second kappa shape index (κ2) is 103. The molecule has 0 radical (unpaired) electrons. The van der Waals surface area contributed by atoms with Crippen LogP contribution in [0.4, 0.5) is 0 Å². The highest BCUT2D eigenvalue weighted by atomic mass is 32.1. The molecule has 18 heteroatoms. The summed E-state index contributed by atoms with van der Waals surface area (Å²) >= 11 is 8.02. The highest BCUT2D eigenvalue weighted by Crippen LogP contribution is 2.04. The monoisotopic (exact) mass is 1320 g/mol. The first-order valence-corrected chi connectivity index (χ1v) is 35.2. The van der Waals surface area contributed by atoms with E-state index in [1.807, 2.05) is 274 Å². The van der Waals surface area contributed by atoms with Crippen LogP contribution < -0.4 is 0 Å². The number of furan rings is 2. The van der Waals surface area contributed by atoms with Gasteiger partial charge in [0.15, 0.2) is 0 Å². The van der Waals surface area contributed by atoms with E-state index in [0.29, 0.717) is 0 Å². The fourth-order valence-electron chi connectivity index (χ4n) is 3.35. The van der Waals surface area contributed by atoms with Crippen LogP contribution in [0, 0.1) is 69.2 Å². The van der Waals surface area contributed by atoms with Gasteiger partial charge in [-0.05, 0) is 185 Å². The molecule has 0 spiro atoms. The van der Waals surface area contributed by atoms with Crippen molar-refractivity contribution in [2.24, 2.45) is 7.05 Å². The third kappa shape index (κ3) is 98.7. The van der Waals surface area contributed by atoms with Gasteiger partial charge in [-0.15, -0.1) is 11.3 Å². The van der Waals surface area contributed by atoms with Crippen LogP contribution in [0.5, 0.6) is 0 Å². The number of hydrogen-bond donors (Lipinski definition) is 0. The Kier molecular flexibility index (Phi) is 124. The summed E-state index contributed by atoms with van der Waals surface area (Å²) in [5, 5.41) is 24.5. The maximum absolute atomic E-state index is 4.83. The van der Waals surface area contributed by atoms with E-state index in [0.717, 1.165) is 28.5 Å². The molecule has 0 unspecified atom stereocenters. The number of nitrogens with zero attached hydrogens (tertiary/aromatic N) is 8. The molecule has 0 N–H and O–H groups in total. The molecule has 0 saturated carbocycles. The summed E-state index contributed by atoms with van der Waals surface area (Å²) in [6.45, 7) is 63.8. The topological polar surface area (TPSA) is 161 Å². The number of thiophene rings is 2. The minimum Gasteiger partial charge on any atom is -0.472 e. The first-order valence-electron chi connectivity index (χ1n) is 31.0. The molecular formula is C70H126N8O5S5. The summed E-state index contributed by atoms with van der Waals surface area (Å²) in [5.74, 6) is 1.82. The van der Waals surface area contributed by atoms with Gasteiger partial charge in [-0.2, -0.15) is 20.8 Å². The zero-order valence-corrected chi connectivity index (χ0v) is 65.3. The Balaban J connectivity index is -0.0000000798. The zero-order chi connectivity index (χ0) is 70.5. The first kappa shape index (κ1) is 106. The first-order chi connectivity index (χ1) is 42.8. The van der Waals surface area contributed by atoms with Crippen molar-refractivity contribution >= 4 is 57.3 Å². The Hall–Kier alpha value is -6.31. The quantitative estimate of drug-likeness (QED) is 0.142. The minimum absolute atomic E-state index is 0.856. The molecule has 88 heavy (non-hydrogen) atoms. The van der Waals surface area contributed by atoms with Gasteiger partial charge in [0.05, 0.1) is 42.6 Å². The SMILES string of the molecule is CC.CC.CC.CC.CC.CC.CC.CC.CC.CC.CC.Cc1ccco1.Cc1cccs1.Cc1ccno1.Cc1ccns1.Cc1ccoc1.Cc1ccon1.Cc1ccsc1.Cc1ccsn1.Cc1cnoc1.Cc1cnsc1.Cn1cccn1. The standard InChI is InChI=1S/2C5H6O.2C5H6S.C4H6N2.3C4H5NO.3C4H5NS.11C2H6/c1-5-2-3-6-4-5;1-5-3-2-4-6-5;1-5-2-3-6-4-5;1-5-3-2-4-6-5;1-6-4-2-3-5-6;1-4-2-5-6-3-4;1-4-2-3-6-5-4;1-4-2-3-5-6-4;1-4-2-5-6-3-4;1-4-2-3-6-5-4;1-4-2-3-5-6-4;11*1-2/h5*2-4H,1H3;6*2-3H,1H3;11*1-2H3. The average Bonchev–Trinajstić information content (AvgIpc) is 4.40. The van der Waals surface area contributed by atoms with E-state index in [1.54, 1.807) is 95.6 Å². The number of aromatic nitrogens is 8. The van der Waals surface area contributed by atoms with Gasteiger partial charge in [0.2, 0.25) is 0 Å². The van der Waals surface area contributed by atoms with Crippen molar-refractivity contribution in [1.82, 2.24) is 38.4 Å². The van der Waals surface area contributed by atoms with E-state index in [1.165, 1.54) is 61.0 Å². The Labute approximate surface area is 560 Å². The van der Waals surface area contributed by atoms with Gasteiger partial charge in [-0.3, -0.25) is 4.68 Å². The largest absolute Gasteiger partial charge is 0.472 e. The van der Waals surface area contributed by atoms with E-state index in [2.05, 4.69) is 95.4 Å². The number of rotatable bonds is 0. The lowest BCUT2D eigenvalue weighted by Gasteiger charge is -1.77. The van der Waals surface area contributed by atoms with Crippen LogP contribution in [0.3, 0.4) is 0 Å². The summed E-state index contributed by atoms with van der Waals surface area (Å²) in [4.78, 5) is 2.66. The Morgan fingerprint density at radius 1 is 0.420 bits per heavy atom. The zero-order valence-electron chi connectivity index (χ0n) is 61.2. The molecule has 13 nitrogen and oxygen atoms in total. The summed E-state index contributed by atoms with van der Waals surface area (Å²) in [6, 6.07) is 21.4. The molecule has 0 aliphatic carbocycles. The van der Waals surface area contributed by atoms with Gasteiger partial charge in [-0.1, -0.05) is 174 Å². The van der Waals surface area contributed by atoms with Crippen molar-refractivity contribution in [3.63, 3.8) is 0 Å². The molecule has 506 valence electrons. The lowest BCUT2D eigenvalue weighted by atomic mass is 10.4. The maximum Gasteiger partial charge on any atom is 0.133 e. The summed E-state index contributed by atoms with van der Waals surface area (Å²) in [6.07, 6.45) is 18.8. The van der Waals surface area contributed by atoms with Crippen molar-refractivity contribution in [3.8, 4) is 0 Å². The smallest absolute Gasteiger partial charge is 0.133 e. The van der Waals surface area contributed by atoms with Gasteiger partial charge in [0.25, 0.3) is 0 Å². The third-order valence-electron chi connectivity index (χ3n) is 6.67. The van der Waals surface area contributed by atoms with Crippen molar-refractivity contribution in [1.29, 1.82) is 0 Å². The van der Waals surface area contributed by atoms with Crippen molar-refractivity contribution in [2.45, 2.75) is 222 Å². The molecule has 11 heterocycles. The molecule has 11 rings (SSSR count). The van der Waals surface area contributed by atoms with Crippen molar-refractivity contribution < 1.29 is 22.4 Å². The molecule has 0 amide bonds. The normalized spacial score (nSPS) is 7.38. The van der Waals surface area contributed by atoms with Crippen LogP contribution >= 0.6 is 57.3 Å². The highest BCUT2D eigenvalue weighted by molar-refractivity contribution is 7.09. The van der Waals surface area contributed by atoms with Gasteiger partial charge < -0.3 is 22.4 Å². The molecule has 0 aliphatic heterocycles. The molecule has 0 bridgehead atoms. The van der Waals surface area contributed by atoms with E-state index >= 15 is 0 Å². The van der Waals surface area contributed by atoms with Gasteiger partial charge >= 0.3 is 0 Å². The predicted octanol–water partition coefficient (Wildman–Crippen LogP) is 26.3. The van der Waals surface area contributed by atoms with E-state index < -0.39 is 0 Å². The summed E-state index contributed by atoms with van der Waals surface area (Å²) in [7, 11) is 1.89. The fourth-order valence-corrected chi connectivity index (χ4v) is 6.02. The third-order valence-corrected chi connectivity index (χ3v) is 10.3. The molecule has 11 aromatic heterocycles. The molecule has 0 aromatic carbocycles. The molecular weight excluding hydrogens is 1190 g/mol. The van der Waals surface area contributed by atoms with Crippen LogP contribution in [-0.2, 0) is 7.05 Å². The van der Waals surface area contributed by atoms with Gasteiger partial charge in [0.1, 0.15) is 24.0 Å². The molecule has 0 saturated heterocycles. The average molecular weight is 1320 g/mol. The number of hydrogen-bond acceptors (Lipinski definition) is 17. The van der Waals surface area contributed by atoms with E-state index in [4.69, 9.17) is 8.83 Å². The second-order valence-electron chi connectivity index (χ2n) is 13.2. The molecule has 11 aromatic rings. The van der Waals surface area contributed by atoms with Crippen LogP contribution in [-0.4, -0.2) is 38.4 Å². The lowest BCUT2D eigenvalue weighted by molar-refractivity contribution is 0.397. The summed E-state index contributed by atoms with van der Waals surface area (Å²) in [5.41, 5.74) is 6.89. The minimum atomic E-state index is 0.856. The predicted molar refractivity (Wildman–Crippen MR) is 397 cm³/mol. The van der Waals surface area contributed by atoms with Gasteiger partial charge in [0, 0.05) is 70.0 Å². The van der Waals surface area contributed by atoms with Crippen LogP contribution in [0.15, 0.2) is 185 Å². The lowest BCUT2D eigenvalue weighted by Crippen LogP contribution is -1.83. The van der Waals surface area contributed by atoms with Crippen LogP contribution in [0.1, 0.15) is 207 Å². The van der Waals surface area contributed by atoms with E-state index in [-0.39, 0.29) is 0 Å². The Bertz CT molecular complexity index is 1850. The van der Waals surface area contributed by atoms with Crippen molar-refractivity contribution in [3.05, 3.63) is 217 Å². The maximum atomic E-state index is 4.83.